The lowest BCUT2D eigenvalue weighted by molar-refractivity contribution is -0.142. The number of anilines is 1. The van der Waals surface area contributed by atoms with Gasteiger partial charge in [-0.2, -0.15) is 0 Å². The van der Waals surface area contributed by atoms with Crippen LogP contribution in [0.2, 0.25) is 10.0 Å². The normalized spacial score (nSPS) is 10.7. The van der Waals surface area contributed by atoms with E-state index in [1.165, 1.54) is 12.1 Å². The minimum absolute atomic E-state index is 0.349. The first kappa shape index (κ1) is 17.5. The second-order valence-corrected chi connectivity index (χ2v) is 6.72. The van der Waals surface area contributed by atoms with Crippen molar-refractivity contribution < 1.29 is 14.3 Å². The maximum absolute atomic E-state index is 11.7. The van der Waals surface area contributed by atoms with Gasteiger partial charge in [-0.25, -0.2) is 4.79 Å². The molecule has 4 nitrogen and oxygen atoms in total. The Hall–Kier alpha value is -1.82. The van der Waals surface area contributed by atoms with E-state index in [9.17, 15) is 9.59 Å². The minimum Gasteiger partial charge on any atom is -0.452 e. The summed E-state index contributed by atoms with van der Waals surface area (Å²) in [4.78, 5) is 25.4. The number of thiophene rings is 1. The molecule has 0 saturated heterocycles. The molecular formula is C16H13Cl2NO3S. The van der Waals surface area contributed by atoms with Gasteiger partial charge in [-0.1, -0.05) is 23.2 Å². The number of esters is 1. The first-order valence-corrected chi connectivity index (χ1v) is 8.17. The van der Waals surface area contributed by atoms with Gasteiger partial charge in [-0.3, -0.25) is 4.79 Å². The number of nitrogens with one attached hydrogen (secondary N) is 1. The average molecular weight is 370 g/mol. The van der Waals surface area contributed by atoms with Crippen LogP contribution in [0.1, 0.15) is 9.75 Å². The number of amides is 1. The van der Waals surface area contributed by atoms with Crippen LogP contribution in [0.5, 0.6) is 0 Å². The van der Waals surface area contributed by atoms with Crippen molar-refractivity contribution in [3.05, 3.63) is 56.2 Å². The van der Waals surface area contributed by atoms with Gasteiger partial charge in [0, 0.05) is 20.9 Å². The van der Waals surface area contributed by atoms with Crippen LogP contribution in [0.4, 0.5) is 5.69 Å². The molecule has 120 valence electrons. The second kappa shape index (κ2) is 8.15. The van der Waals surface area contributed by atoms with Crippen molar-refractivity contribution in [1.82, 2.24) is 0 Å². The summed E-state index contributed by atoms with van der Waals surface area (Å²) < 4.78 is 4.87. The molecule has 1 aromatic carbocycles. The van der Waals surface area contributed by atoms with Gasteiger partial charge >= 0.3 is 5.97 Å². The van der Waals surface area contributed by atoms with Crippen LogP contribution in [-0.4, -0.2) is 18.5 Å². The highest BCUT2D eigenvalue weighted by Crippen LogP contribution is 2.25. The monoisotopic (exact) mass is 369 g/mol. The van der Waals surface area contributed by atoms with Gasteiger partial charge in [-0.15, -0.1) is 11.3 Å². The Morgan fingerprint density at radius 2 is 2.04 bits per heavy atom. The summed E-state index contributed by atoms with van der Waals surface area (Å²) >= 11 is 13.3. The van der Waals surface area contributed by atoms with Crippen LogP contribution in [0, 0.1) is 6.92 Å². The largest absolute Gasteiger partial charge is 0.452 e. The molecule has 1 amide bonds. The van der Waals surface area contributed by atoms with E-state index in [0.29, 0.717) is 15.7 Å². The van der Waals surface area contributed by atoms with Crippen LogP contribution in [0.25, 0.3) is 6.08 Å². The number of rotatable bonds is 5. The van der Waals surface area contributed by atoms with Gasteiger partial charge in [0.05, 0.1) is 10.7 Å². The molecule has 1 aromatic heterocycles. The lowest BCUT2D eigenvalue weighted by Crippen LogP contribution is -2.20. The molecule has 23 heavy (non-hydrogen) atoms. The smallest absolute Gasteiger partial charge is 0.331 e. The van der Waals surface area contributed by atoms with Gasteiger partial charge in [0.25, 0.3) is 5.91 Å². The molecule has 0 unspecified atom stereocenters. The van der Waals surface area contributed by atoms with E-state index < -0.39 is 18.5 Å². The van der Waals surface area contributed by atoms with E-state index in [-0.39, 0.29) is 0 Å². The molecule has 1 N–H and O–H groups in total. The summed E-state index contributed by atoms with van der Waals surface area (Å²) in [5.41, 5.74) is 0.366. The lowest BCUT2D eigenvalue weighted by Gasteiger charge is -2.07. The molecule has 2 rings (SSSR count). The molecule has 0 radical (unpaired) electrons. The number of aryl methyl sites for hydroxylation is 1. The number of hydrogen-bond acceptors (Lipinski definition) is 4. The highest BCUT2D eigenvalue weighted by molar-refractivity contribution is 7.12. The van der Waals surface area contributed by atoms with Gasteiger partial charge in [0.1, 0.15) is 0 Å². The summed E-state index contributed by atoms with van der Waals surface area (Å²) in [6, 6.07) is 8.55. The Balaban J connectivity index is 1.83. The van der Waals surface area contributed by atoms with E-state index in [0.717, 1.165) is 9.75 Å². The maximum atomic E-state index is 11.7. The van der Waals surface area contributed by atoms with Crippen molar-refractivity contribution in [3.63, 3.8) is 0 Å². The average Bonchev–Trinajstić information content (AvgIpc) is 2.92. The third-order valence-corrected chi connectivity index (χ3v) is 4.22. The van der Waals surface area contributed by atoms with Gasteiger partial charge < -0.3 is 10.1 Å². The first-order chi connectivity index (χ1) is 10.9. The Morgan fingerprint density at radius 3 is 2.74 bits per heavy atom. The fourth-order valence-electron chi connectivity index (χ4n) is 1.66. The fourth-order valence-corrected chi connectivity index (χ4v) is 2.77. The Kier molecular flexibility index (Phi) is 6.21. The fraction of sp³-hybridized carbons (Fsp3) is 0.125. The summed E-state index contributed by atoms with van der Waals surface area (Å²) in [6.45, 7) is 1.57. The summed E-state index contributed by atoms with van der Waals surface area (Å²) in [7, 11) is 0. The SMILES string of the molecule is Cc1ccc(/C=C/C(=O)OCC(=O)Nc2cc(Cl)ccc2Cl)s1. The zero-order valence-electron chi connectivity index (χ0n) is 12.1. The summed E-state index contributed by atoms with van der Waals surface area (Å²) in [5.74, 6) is -1.09. The predicted molar refractivity (Wildman–Crippen MR) is 94.1 cm³/mol. The summed E-state index contributed by atoms with van der Waals surface area (Å²) in [5, 5.41) is 3.32. The maximum Gasteiger partial charge on any atom is 0.331 e. The van der Waals surface area contributed by atoms with Crippen molar-refractivity contribution in [2.24, 2.45) is 0 Å². The van der Waals surface area contributed by atoms with Crippen molar-refractivity contribution in [2.75, 3.05) is 11.9 Å². The van der Waals surface area contributed by atoms with Crippen LogP contribution in [0.3, 0.4) is 0 Å². The second-order valence-electron chi connectivity index (χ2n) is 4.56. The first-order valence-electron chi connectivity index (χ1n) is 6.60. The Labute approximate surface area is 147 Å². The molecule has 0 aliphatic carbocycles. The molecule has 1 heterocycles. The van der Waals surface area contributed by atoms with Crippen LogP contribution in [0.15, 0.2) is 36.4 Å². The van der Waals surface area contributed by atoms with Gasteiger partial charge in [0.15, 0.2) is 6.61 Å². The third-order valence-electron chi connectivity index (χ3n) is 2.69. The predicted octanol–water partition coefficient (Wildman–Crippen LogP) is 4.56. The number of halogens is 2. The van der Waals surface area contributed by atoms with Gasteiger partial charge in [0.2, 0.25) is 0 Å². The molecule has 0 bridgehead atoms. The molecule has 0 spiro atoms. The zero-order valence-corrected chi connectivity index (χ0v) is 14.5. The molecule has 0 atom stereocenters. The highest BCUT2D eigenvalue weighted by Gasteiger charge is 2.08. The van der Waals surface area contributed by atoms with E-state index in [4.69, 9.17) is 27.9 Å². The molecule has 0 fully saturated rings. The van der Waals surface area contributed by atoms with Crippen molar-refractivity contribution in [2.45, 2.75) is 6.92 Å². The van der Waals surface area contributed by atoms with E-state index >= 15 is 0 Å². The molecular weight excluding hydrogens is 357 g/mol. The standard InChI is InChI=1S/C16H13Cl2NO3S/c1-10-2-4-12(23-10)5-7-16(21)22-9-15(20)19-14-8-11(17)3-6-13(14)18/h2-8H,9H2,1H3,(H,19,20)/b7-5+. The lowest BCUT2D eigenvalue weighted by atomic mass is 10.3. The minimum atomic E-state index is -0.594. The van der Waals surface area contributed by atoms with Gasteiger partial charge in [-0.05, 0) is 43.3 Å². The zero-order chi connectivity index (χ0) is 16.8. The number of benzene rings is 1. The quantitative estimate of drug-likeness (QED) is 0.620. The highest BCUT2D eigenvalue weighted by atomic mass is 35.5. The number of carbonyl (C=O) groups is 2. The number of ether oxygens (including phenoxy) is 1. The van der Waals surface area contributed by atoms with Crippen molar-refractivity contribution in [1.29, 1.82) is 0 Å². The van der Waals surface area contributed by atoms with Crippen molar-refractivity contribution >= 4 is 58.2 Å². The Bertz CT molecular complexity index is 756. The van der Waals surface area contributed by atoms with Crippen molar-refractivity contribution in [3.8, 4) is 0 Å². The molecule has 0 saturated carbocycles. The third kappa shape index (κ3) is 5.71. The number of carbonyl (C=O) groups excluding carboxylic acids is 2. The summed E-state index contributed by atoms with van der Waals surface area (Å²) in [6.07, 6.45) is 2.93. The Morgan fingerprint density at radius 1 is 1.26 bits per heavy atom. The van der Waals surface area contributed by atoms with Crippen LogP contribution in [-0.2, 0) is 14.3 Å². The number of hydrogen-bond donors (Lipinski definition) is 1. The molecule has 2 aromatic rings. The van der Waals surface area contributed by atoms with E-state index in [1.54, 1.807) is 29.5 Å². The van der Waals surface area contributed by atoms with Crippen LogP contribution < -0.4 is 5.32 Å². The molecule has 0 aliphatic rings. The molecule has 7 heteroatoms. The molecule has 0 aliphatic heterocycles. The van der Waals surface area contributed by atoms with E-state index in [1.807, 2.05) is 19.1 Å². The van der Waals surface area contributed by atoms with Crippen LogP contribution >= 0.6 is 34.5 Å². The topological polar surface area (TPSA) is 55.4 Å². The van der Waals surface area contributed by atoms with E-state index in [2.05, 4.69) is 5.32 Å².